The standard InChI is InChI=1S/C16H21ClN2O4.Li.H/c1-16(2,3)23-15(22)19-8-6-18(7-9-19)11-4-5-13(17)12(10-11)14(20)21;;/h4-5,10H,6-9H2,1-3H3,(H,20,21);;/q;+1;-1. The Morgan fingerprint density at radius 3 is 2.29 bits per heavy atom. The summed E-state index contributed by atoms with van der Waals surface area (Å²) in [5, 5.41) is 9.36. The van der Waals surface area contributed by atoms with E-state index in [-0.39, 0.29) is 37.0 Å². The Bertz CT molecular complexity index is 617. The molecule has 1 amide bonds. The molecule has 0 spiro atoms. The number of aromatic carboxylic acids is 1. The number of amides is 1. The van der Waals surface area contributed by atoms with Crippen LogP contribution in [0.1, 0.15) is 32.6 Å². The first-order chi connectivity index (χ1) is 10.7. The number of benzene rings is 1. The summed E-state index contributed by atoms with van der Waals surface area (Å²) < 4.78 is 5.36. The second-order valence-corrected chi connectivity index (χ2v) is 6.83. The monoisotopic (exact) mass is 348 g/mol. The quantitative estimate of drug-likeness (QED) is 0.774. The predicted molar refractivity (Wildman–Crippen MR) is 89.5 cm³/mol. The molecule has 0 radical (unpaired) electrons. The number of anilines is 1. The van der Waals surface area contributed by atoms with Gasteiger partial charge in [0.25, 0.3) is 0 Å². The van der Waals surface area contributed by atoms with Crippen LogP contribution in [0.15, 0.2) is 18.2 Å². The molecule has 8 heteroatoms. The first kappa shape index (κ1) is 20.7. The molecule has 0 atom stereocenters. The van der Waals surface area contributed by atoms with Gasteiger partial charge in [0, 0.05) is 31.9 Å². The molecule has 24 heavy (non-hydrogen) atoms. The summed E-state index contributed by atoms with van der Waals surface area (Å²) in [5.41, 5.74) is 0.357. The van der Waals surface area contributed by atoms with E-state index < -0.39 is 11.6 Å². The summed E-state index contributed by atoms with van der Waals surface area (Å²) >= 11 is 5.89. The van der Waals surface area contributed by atoms with Crippen LogP contribution in [0, 0.1) is 0 Å². The summed E-state index contributed by atoms with van der Waals surface area (Å²) in [7, 11) is 0. The normalized spacial score (nSPS) is 14.8. The zero-order valence-electron chi connectivity index (χ0n) is 15.5. The van der Waals surface area contributed by atoms with Crippen LogP contribution < -0.4 is 23.8 Å². The van der Waals surface area contributed by atoms with Crippen LogP contribution in [0.3, 0.4) is 0 Å². The molecule has 0 aromatic heterocycles. The number of carboxylic acids is 1. The predicted octanol–water partition coefficient (Wildman–Crippen LogP) is 0.212. The molecule has 0 bridgehead atoms. The Kier molecular flexibility index (Phi) is 7.03. The molecular formula is C16H22ClLiN2O4. The molecule has 0 saturated carbocycles. The van der Waals surface area contributed by atoms with Crippen molar-refractivity contribution < 1.29 is 39.7 Å². The number of carbonyl (C=O) groups is 2. The molecule has 1 N–H and O–H groups in total. The molecule has 1 aliphatic rings. The summed E-state index contributed by atoms with van der Waals surface area (Å²) in [4.78, 5) is 26.9. The van der Waals surface area contributed by atoms with Crippen LogP contribution in [0.5, 0.6) is 0 Å². The van der Waals surface area contributed by atoms with Crippen molar-refractivity contribution in [3.63, 3.8) is 0 Å². The third-order valence-electron chi connectivity index (χ3n) is 3.48. The van der Waals surface area contributed by atoms with E-state index in [1.807, 2.05) is 25.7 Å². The number of halogens is 1. The van der Waals surface area contributed by atoms with E-state index in [1.54, 1.807) is 23.1 Å². The summed E-state index contributed by atoms with van der Waals surface area (Å²) in [6.45, 7) is 7.78. The van der Waals surface area contributed by atoms with Crippen LogP contribution in [-0.4, -0.2) is 53.8 Å². The molecule has 1 fully saturated rings. The summed E-state index contributed by atoms with van der Waals surface area (Å²) in [6.07, 6.45) is -0.320. The smallest absolute Gasteiger partial charge is 1.00 e. The number of carbonyl (C=O) groups excluding carboxylic acids is 1. The van der Waals surface area contributed by atoms with Crippen LogP contribution in [-0.2, 0) is 4.74 Å². The van der Waals surface area contributed by atoms with Crippen LogP contribution in [0.2, 0.25) is 5.02 Å². The van der Waals surface area contributed by atoms with E-state index in [0.717, 1.165) is 5.69 Å². The Hall–Kier alpha value is -1.35. The molecule has 6 nitrogen and oxygen atoms in total. The van der Waals surface area contributed by atoms with Crippen molar-refractivity contribution in [2.24, 2.45) is 0 Å². The molecule has 1 aromatic carbocycles. The number of carboxylic acid groups (broad SMARTS) is 1. The van der Waals surface area contributed by atoms with Crippen molar-refractivity contribution >= 4 is 29.4 Å². The molecule has 0 aliphatic carbocycles. The number of hydrogen-bond donors (Lipinski definition) is 1. The van der Waals surface area contributed by atoms with Crippen molar-refractivity contribution in [1.82, 2.24) is 4.90 Å². The van der Waals surface area contributed by atoms with Gasteiger partial charge in [0.05, 0.1) is 10.6 Å². The van der Waals surface area contributed by atoms with Crippen molar-refractivity contribution in [1.29, 1.82) is 0 Å². The number of piperazine rings is 1. The molecule has 1 saturated heterocycles. The van der Waals surface area contributed by atoms with E-state index in [1.165, 1.54) is 0 Å². The maximum atomic E-state index is 12.0. The molecule has 0 unspecified atom stereocenters. The van der Waals surface area contributed by atoms with E-state index in [9.17, 15) is 9.59 Å². The van der Waals surface area contributed by atoms with Gasteiger partial charge in [-0.2, -0.15) is 0 Å². The van der Waals surface area contributed by atoms with Gasteiger partial charge in [0.1, 0.15) is 5.60 Å². The van der Waals surface area contributed by atoms with E-state index in [2.05, 4.69) is 0 Å². The van der Waals surface area contributed by atoms with Crippen LogP contribution >= 0.6 is 11.6 Å². The zero-order chi connectivity index (χ0) is 17.2. The Morgan fingerprint density at radius 1 is 1.21 bits per heavy atom. The summed E-state index contributed by atoms with van der Waals surface area (Å²) in [5.74, 6) is -1.05. The minimum Gasteiger partial charge on any atom is -1.00 e. The van der Waals surface area contributed by atoms with E-state index >= 15 is 0 Å². The van der Waals surface area contributed by atoms with Crippen molar-refractivity contribution in [3.8, 4) is 0 Å². The molecule has 2 rings (SSSR count). The topological polar surface area (TPSA) is 70.1 Å². The Morgan fingerprint density at radius 2 is 1.79 bits per heavy atom. The maximum Gasteiger partial charge on any atom is 1.00 e. The van der Waals surface area contributed by atoms with Gasteiger partial charge in [0.15, 0.2) is 0 Å². The molecule has 1 aliphatic heterocycles. The van der Waals surface area contributed by atoms with Gasteiger partial charge < -0.3 is 21.1 Å². The van der Waals surface area contributed by atoms with Gasteiger partial charge in [-0.05, 0) is 39.0 Å². The second-order valence-electron chi connectivity index (χ2n) is 6.42. The minimum absolute atomic E-state index is 0. The fourth-order valence-electron chi connectivity index (χ4n) is 2.35. The van der Waals surface area contributed by atoms with Gasteiger partial charge in [-0.1, -0.05) is 11.6 Å². The van der Waals surface area contributed by atoms with Crippen molar-refractivity contribution in [3.05, 3.63) is 28.8 Å². The third kappa shape index (κ3) is 5.34. The SMILES string of the molecule is CC(C)(C)OC(=O)N1CCN(c2ccc(Cl)c(C(=O)O)c2)CC1.[H-].[Li+]. The summed E-state index contributed by atoms with van der Waals surface area (Å²) in [6, 6.07) is 4.94. The van der Waals surface area contributed by atoms with Gasteiger partial charge in [-0.15, -0.1) is 0 Å². The zero-order valence-corrected chi connectivity index (χ0v) is 15.3. The largest absolute Gasteiger partial charge is 1.00 e. The molecular weight excluding hydrogens is 327 g/mol. The number of rotatable bonds is 2. The Labute approximate surface area is 160 Å². The molecule has 1 heterocycles. The molecule has 128 valence electrons. The van der Waals surface area contributed by atoms with Crippen molar-refractivity contribution in [2.75, 3.05) is 31.1 Å². The van der Waals surface area contributed by atoms with E-state index in [4.69, 9.17) is 21.4 Å². The number of nitrogens with zero attached hydrogens (tertiary/aromatic N) is 2. The van der Waals surface area contributed by atoms with Crippen molar-refractivity contribution in [2.45, 2.75) is 26.4 Å². The maximum absolute atomic E-state index is 12.0. The molecule has 1 aromatic rings. The first-order valence-electron chi connectivity index (χ1n) is 7.43. The minimum atomic E-state index is -1.05. The fourth-order valence-corrected chi connectivity index (χ4v) is 2.55. The Balaban J connectivity index is 0.00000288. The number of hydrogen-bond acceptors (Lipinski definition) is 4. The van der Waals surface area contributed by atoms with Crippen LogP contribution in [0.25, 0.3) is 0 Å². The van der Waals surface area contributed by atoms with Gasteiger partial charge in [0.2, 0.25) is 0 Å². The second kappa shape index (κ2) is 8.15. The van der Waals surface area contributed by atoms with Crippen LogP contribution in [0.4, 0.5) is 10.5 Å². The number of ether oxygens (including phenoxy) is 1. The first-order valence-corrected chi connectivity index (χ1v) is 7.81. The average Bonchev–Trinajstić information content (AvgIpc) is 2.46. The average molecular weight is 349 g/mol. The van der Waals surface area contributed by atoms with Gasteiger partial charge in [-0.25, -0.2) is 9.59 Å². The van der Waals surface area contributed by atoms with Gasteiger partial charge >= 0.3 is 30.9 Å². The fraction of sp³-hybridized carbons (Fsp3) is 0.500. The third-order valence-corrected chi connectivity index (χ3v) is 3.81. The van der Waals surface area contributed by atoms with Gasteiger partial charge in [-0.3, -0.25) is 0 Å². The van der Waals surface area contributed by atoms with E-state index in [0.29, 0.717) is 26.2 Å².